The fraction of sp³-hybridized carbons (Fsp3) is 0.562. The normalized spacial score (nSPS) is 18.0. The van der Waals surface area contributed by atoms with Crippen LogP contribution < -0.4 is 15.4 Å². The van der Waals surface area contributed by atoms with Gasteiger partial charge in [0.25, 0.3) is 0 Å². The fourth-order valence-corrected chi connectivity index (χ4v) is 3.47. The Bertz CT molecular complexity index is 584. The van der Waals surface area contributed by atoms with Gasteiger partial charge in [-0.15, -0.1) is 0 Å². The van der Waals surface area contributed by atoms with Gasteiger partial charge in [0.15, 0.2) is 0 Å². The standard InChI is InChI=1S/C16H25N3O3S/c20-16(7-6-15-8-9-17-12-15)18-10-11-23(21,22)19-13-14-4-2-1-3-5-14/h1-5,15,17,19H,6-13H2,(H,18,20). The molecule has 1 aromatic carbocycles. The van der Waals surface area contributed by atoms with Crippen molar-refractivity contribution in [1.29, 1.82) is 0 Å². The van der Waals surface area contributed by atoms with E-state index in [0.29, 0.717) is 12.3 Å². The van der Waals surface area contributed by atoms with Crippen LogP contribution in [0.1, 0.15) is 24.8 Å². The first-order valence-corrected chi connectivity index (χ1v) is 9.69. The van der Waals surface area contributed by atoms with Crippen LogP contribution in [0.15, 0.2) is 30.3 Å². The molecule has 1 heterocycles. The quantitative estimate of drug-likeness (QED) is 0.615. The summed E-state index contributed by atoms with van der Waals surface area (Å²) in [5.41, 5.74) is 0.908. The number of benzene rings is 1. The van der Waals surface area contributed by atoms with Crippen LogP contribution in [0.25, 0.3) is 0 Å². The summed E-state index contributed by atoms with van der Waals surface area (Å²) in [5, 5.41) is 5.95. The van der Waals surface area contributed by atoms with E-state index in [-0.39, 0.29) is 24.7 Å². The lowest BCUT2D eigenvalue weighted by Crippen LogP contribution is -2.34. The maximum atomic E-state index is 11.9. The van der Waals surface area contributed by atoms with Crippen molar-refractivity contribution in [1.82, 2.24) is 15.4 Å². The van der Waals surface area contributed by atoms with E-state index in [1.807, 2.05) is 30.3 Å². The van der Waals surface area contributed by atoms with Gasteiger partial charge in [-0.1, -0.05) is 30.3 Å². The molecule has 1 saturated heterocycles. The molecule has 2 rings (SSSR count). The van der Waals surface area contributed by atoms with Gasteiger partial charge in [0.2, 0.25) is 15.9 Å². The molecule has 1 fully saturated rings. The minimum absolute atomic E-state index is 0.0739. The van der Waals surface area contributed by atoms with Crippen LogP contribution in [0.3, 0.4) is 0 Å². The zero-order valence-electron chi connectivity index (χ0n) is 13.3. The lowest BCUT2D eigenvalue weighted by molar-refractivity contribution is -0.121. The third-order valence-electron chi connectivity index (χ3n) is 3.97. The second kappa shape index (κ2) is 9.00. The van der Waals surface area contributed by atoms with Gasteiger partial charge in [0.05, 0.1) is 5.75 Å². The van der Waals surface area contributed by atoms with E-state index in [1.165, 1.54) is 0 Å². The molecule has 1 aliphatic rings. The number of hydrogen-bond acceptors (Lipinski definition) is 4. The Morgan fingerprint density at radius 3 is 2.74 bits per heavy atom. The number of sulfonamides is 1. The van der Waals surface area contributed by atoms with E-state index in [0.717, 1.165) is 31.5 Å². The Kier molecular flexibility index (Phi) is 7.01. The topological polar surface area (TPSA) is 87.3 Å². The third-order valence-corrected chi connectivity index (χ3v) is 5.30. The zero-order valence-corrected chi connectivity index (χ0v) is 14.1. The predicted molar refractivity (Wildman–Crippen MR) is 90.3 cm³/mol. The van der Waals surface area contributed by atoms with Gasteiger partial charge in [-0.2, -0.15) is 0 Å². The second-order valence-corrected chi connectivity index (χ2v) is 7.80. The molecule has 0 spiro atoms. The molecule has 1 atom stereocenters. The molecule has 1 aromatic rings. The Morgan fingerprint density at radius 2 is 2.04 bits per heavy atom. The Balaban J connectivity index is 1.60. The van der Waals surface area contributed by atoms with Crippen molar-refractivity contribution in [3.05, 3.63) is 35.9 Å². The third kappa shape index (κ3) is 7.11. The highest BCUT2D eigenvalue weighted by atomic mass is 32.2. The number of carbonyl (C=O) groups excluding carboxylic acids is 1. The minimum atomic E-state index is -3.38. The molecule has 3 N–H and O–H groups in total. The number of amides is 1. The van der Waals surface area contributed by atoms with Crippen LogP contribution >= 0.6 is 0 Å². The van der Waals surface area contributed by atoms with E-state index in [2.05, 4.69) is 15.4 Å². The first-order valence-electron chi connectivity index (χ1n) is 8.04. The van der Waals surface area contributed by atoms with E-state index in [1.54, 1.807) is 0 Å². The molecule has 1 amide bonds. The lowest BCUT2D eigenvalue weighted by atomic mass is 10.0. The summed E-state index contributed by atoms with van der Waals surface area (Å²) in [7, 11) is -3.38. The number of carbonyl (C=O) groups is 1. The summed E-state index contributed by atoms with van der Waals surface area (Å²) in [4.78, 5) is 11.7. The maximum Gasteiger partial charge on any atom is 0.220 e. The van der Waals surface area contributed by atoms with Gasteiger partial charge in [-0.3, -0.25) is 4.79 Å². The van der Waals surface area contributed by atoms with Crippen LogP contribution in [0.5, 0.6) is 0 Å². The lowest BCUT2D eigenvalue weighted by Gasteiger charge is -2.10. The number of hydrogen-bond donors (Lipinski definition) is 3. The Morgan fingerprint density at radius 1 is 1.26 bits per heavy atom. The fourth-order valence-electron chi connectivity index (χ4n) is 2.57. The first-order chi connectivity index (χ1) is 11.1. The average Bonchev–Trinajstić information content (AvgIpc) is 3.05. The van der Waals surface area contributed by atoms with Gasteiger partial charge in [0, 0.05) is 19.5 Å². The molecular formula is C16H25N3O3S. The van der Waals surface area contributed by atoms with E-state index < -0.39 is 10.0 Å². The molecule has 0 radical (unpaired) electrons. The van der Waals surface area contributed by atoms with Crippen molar-refractivity contribution in [2.24, 2.45) is 5.92 Å². The van der Waals surface area contributed by atoms with Crippen LogP contribution in [-0.4, -0.2) is 39.7 Å². The Labute approximate surface area is 138 Å². The summed E-state index contributed by atoms with van der Waals surface area (Å²) in [5.74, 6) is 0.392. The molecule has 128 valence electrons. The zero-order chi connectivity index (χ0) is 16.5. The highest BCUT2D eigenvalue weighted by Gasteiger charge is 2.16. The van der Waals surface area contributed by atoms with E-state index in [9.17, 15) is 13.2 Å². The van der Waals surface area contributed by atoms with Crippen molar-refractivity contribution >= 4 is 15.9 Å². The highest BCUT2D eigenvalue weighted by molar-refractivity contribution is 7.89. The van der Waals surface area contributed by atoms with Crippen molar-refractivity contribution in [3.63, 3.8) is 0 Å². The van der Waals surface area contributed by atoms with Crippen LogP contribution in [0.2, 0.25) is 0 Å². The monoisotopic (exact) mass is 339 g/mol. The molecule has 0 aliphatic carbocycles. The van der Waals surface area contributed by atoms with Crippen molar-refractivity contribution in [2.75, 3.05) is 25.4 Å². The number of rotatable bonds is 9. The first kappa shape index (κ1) is 17.9. The van der Waals surface area contributed by atoms with Crippen molar-refractivity contribution in [2.45, 2.75) is 25.8 Å². The van der Waals surface area contributed by atoms with Crippen LogP contribution in [0.4, 0.5) is 0 Å². The van der Waals surface area contributed by atoms with E-state index >= 15 is 0 Å². The highest BCUT2D eigenvalue weighted by Crippen LogP contribution is 2.13. The minimum Gasteiger partial charge on any atom is -0.355 e. The second-order valence-electron chi connectivity index (χ2n) is 5.87. The SMILES string of the molecule is O=C(CCC1CCNC1)NCCS(=O)(=O)NCc1ccccc1. The molecule has 0 saturated carbocycles. The summed E-state index contributed by atoms with van der Waals surface area (Å²) < 4.78 is 26.3. The van der Waals surface area contributed by atoms with Gasteiger partial charge in [0.1, 0.15) is 0 Å². The van der Waals surface area contributed by atoms with E-state index in [4.69, 9.17) is 0 Å². The van der Waals surface area contributed by atoms with Crippen LogP contribution in [-0.2, 0) is 21.4 Å². The van der Waals surface area contributed by atoms with Crippen molar-refractivity contribution < 1.29 is 13.2 Å². The molecule has 1 aliphatic heterocycles. The summed E-state index contributed by atoms with van der Waals surface area (Å²) in [6.45, 7) is 2.42. The Hall–Kier alpha value is -1.44. The van der Waals surface area contributed by atoms with Gasteiger partial charge in [-0.05, 0) is 37.4 Å². The van der Waals surface area contributed by atoms with Gasteiger partial charge < -0.3 is 10.6 Å². The average molecular weight is 339 g/mol. The largest absolute Gasteiger partial charge is 0.355 e. The molecule has 0 bridgehead atoms. The maximum absolute atomic E-state index is 11.9. The smallest absolute Gasteiger partial charge is 0.220 e. The van der Waals surface area contributed by atoms with Gasteiger partial charge in [-0.25, -0.2) is 13.1 Å². The summed E-state index contributed by atoms with van der Waals surface area (Å²) in [6.07, 6.45) is 2.44. The predicted octanol–water partition coefficient (Wildman–Crippen LogP) is 0.612. The summed E-state index contributed by atoms with van der Waals surface area (Å²) in [6, 6.07) is 9.34. The molecule has 6 nitrogen and oxygen atoms in total. The van der Waals surface area contributed by atoms with Crippen molar-refractivity contribution in [3.8, 4) is 0 Å². The molecule has 7 heteroatoms. The van der Waals surface area contributed by atoms with Gasteiger partial charge >= 0.3 is 0 Å². The summed E-state index contributed by atoms with van der Waals surface area (Å²) >= 11 is 0. The van der Waals surface area contributed by atoms with Crippen LogP contribution in [0, 0.1) is 5.92 Å². The molecule has 23 heavy (non-hydrogen) atoms. The molecular weight excluding hydrogens is 314 g/mol. The number of nitrogens with one attached hydrogen (secondary N) is 3. The molecule has 0 aromatic heterocycles. The molecule has 1 unspecified atom stereocenters.